The van der Waals surface area contributed by atoms with Gasteiger partial charge in [-0.1, -0.05) is 174 Å². The molecule has 11 rings (SSSR count). The second kappa shape index (κ2) is 19.4. The quantitative estimate of drug-likeness (QED) is 0.114. The first kappa shape index (κ1) is 44.3. The second-order valence-corrected chi connectivity index (χ2v) is 19.6. The summed E-state index contributed by atoms with van der Waals surface area (Å²) in [4.78, 5) is 4.76. The van der Waals surface area contributed by atoms with Gasteiger partial charge in [0, 0.05) is 59.2 Å². The van der Waals surface area contributed by atoms with Gasteiger partial charge >= 0.3 is 0 Å². The number of hydrogen-bond donors (Lipinski definition) is 0. The normalized spacial score (nSPS) is 11.4. The minimum Gasteiger partial charge on any atom is -0.310 e. The second-order valence-electron chi connectivity index (χ2n) is 17.8. The number of aryl methyl sites for hydroxylation is 2. The van der Waals surface area contributed by atoms with Crippen LogP contribution in [0, 0.1) is 0 Å². The number of halogens is 2. The lowest BCUT2D eigenvalue weighted by Gasteiger charge is -2.27. The predicted octanol–water partition coefficient (Wildman–Crippen LogP) is 19.6. The fourth-order valence-electron chi connectivity index (χ4n) is 10.0. The molecule has 336 valence electrons. The number of para-hydroxylation sites is 1. The Hall–Kier alpha value is -7.18. The van der Waals surface area contributed by atoms with E-state index in [4.69, 9.17) is 0 Å². The monoisotopic (exact) mass is 1020 g/mol. The van der Waals surface area contributed by atoms with Gasteiger partial charge in [-0.05, 0) is 161 Å². The van der Waals surface area contributed by atoms with E-state index in [2.05, 4.69) is 285 Å². The van der Waals surface area contributed by atoms with Crippen molar-refractivity contribution in [3.8, 4) is 27.9 Å². The summed E-state index contributed by atoms with van der Waals surface area (Å²) in [6.07, 6.45) is 4.49. The first-order chi connectivity index (χ1) is 33.9. The van der Waals surface area contributed by atoms with Crippen LogP contribution in [-0.4, -0.2) is 4.57 Å². The van der Waals surface area contributed by atoms with Gasteiger partial charge in [0.05, 0.1) is 16.7 Å². The van der Waals surface area contributed by atoms with Crippen LogP contribution in [0.5, 0.6) is 0 Å². The summed E-state index contributed by atoms with van der Waals surface area (Å²) in [5.41, 5.74) is 17.6. The molecule has 69 heavy (non-hydrogen) atoms. The summed E-state index contributed by atoms with van der Waals surface area (Å²) in [6, 6.07) is 82.5. The highest BCUT2D eigenvalue weighted by molar-refractivity contribution is 9.10. The molecule has 0 saturated heterocycles. The van der Waals surface area contributed by atoms with Crippen LogP contribution in [0.15, 0.2) is 233 Å². The molecule has 1 aromatic heterocycles. The summed E-state index contributed by atoms with van der Waals surface area (Å²) in [7, 11) is 0. The van der Waals surface area contributed by atoms with Gasteiger partial charge in [0.25, 0.3) is 0 Å². The van der Waals surface area contributed by atoms with Crippen LogP contribution in [0.1, 0.15) is 37.8 Å². The molecule has 0 unspecified atom stereocenters. The molecule has 3 nitrogen and oxygen atoms in total. The lowest BCUT2D eigenvalue weighted by Crippen LogP contribution is -2.10. The Morgan fingerprint density at radius 3 is 1.32 bits per heavy atom. The van der Waals surface area contributed by atoms with E-state index in [1.807, 2.05) is 0 Å². The molecule has 0 amide bonds. The Morgan fingerprint density at radius 2 is 0.812 bits per heavy atom. The van der Waals surface area contributed by atoms with Crippen molar-refractivity contribution in [3.05, 3.63) is 245 Å². The van der Waals surface area contributed by atoms with Gasteiger partial charge in [0.1, 0.15) is 0 Å². The number of rotatable bonds is 13. The topological polar surface area (TPSA) is 11.4 Å². The third kappa shape index (κ3) is 8.78. The zero-order chi connectivity index (χ0) is 46.8. The fourth-order valence-corrected chi connectivity index (χ4v) is 10.5. The highest BCUT2D eigenvalue weighted by Crippen LogP contribution is 2.46. The van der Waals surface area contributed by atoms with Crippen molar-refractivity contribution >= 4 is 98.6 Å². The van der Waals surface area contributed by atoms with E-state index < -0.39 is 0 Å². The standard InChI is InChI=1S/C64H51Br2N3/c1-3-9-44-15-19-46(20-16-44)48-23-31-53(32-24-48)67(54-35-27-50(65)28-36-54)57-39-40-60-63(43-57)69(52-11-6-5-7-12-52)62-42-41-58-59(64(60)62)13-8-14-61(58)68(56-37-29-51(66)30-38-56)55-33-25-49(26-34-55)47-21-17-45(10-4-2)18-22-47/h5-8,11-43H,3-4,9-10H2,1-2H3. The largest absolute Gasteiger partial charge is 0.310 e. The van der Waals surface area contributed by atoms with Crippen molar-refractivity contribution in [1.82, 2.24) is 4.57 Å². The number of anilines is 6. The van der Waals surface area contributed by atoms with Crippen LogP contribution < -0.4 is 9.80 Å². The molecule has 0 N–H and O–H groups in total. The van der Waals surface area contributed by atoms with Crippen molar-refractivity contribution in [1.29, 1.82) is 0 Å². The van der Waals surface area contributed by atoms with Crippen molar-refractivity contribution in [2.24, 2.45) is 0 Å². The van der Waals surface area contributed by atoms with Crippen LogP contribution in [0.4, 0.5) is 34.1 Å². The molecule has 0 fully saturated rings. The zero-order valence-corrected chi connectivity index (χ0v) is 42.0. The predicted molar refractivity (Wildman–Crippen MR) is 302 cm³/mol. The molecule has 1 heterocycles. The molecule has 5 heteroatoms. The zero-order valence-electron chi connectivity index (χ0n) is 38.8. The maximum atomic E-state index is 3.70. The van der Waals surface area contributed by atoms with Gasteiger partial charge in [-0.3, -0.25) is 0 Å². The number of nitrogens with zero attached hydrogens (tertiary/aromatic N) is 3. The van der Waals surface area contributed by atoms with Gasteiger partial charge in [-0.15, -0.1) is 0 Å². The van der Waals surface area contributed by atoms with Crippen molar-refractivity contribution in [2.75, 3.05) is 9.80 Å². The summed E-state index contributed by atoms with van der Waals surface area (Å²) in [5.74, 6) is 0. The Kier molecular flexibility index (Phi) is 12.5. The first-order valence-corrected chi connectivity index (χ1v) is 25.6. The van der Waals surface area contributed by atoms with E-state index in [-0.39, 0.29) is 0 Å². The van der Waals surface area contributed by atoms with E-state index in [1.165, 1.54) is 54.9 Å². The molecule has 0 saturated carbocycles. The van der Waals surface area contributed by atoms with Crippen LogP contribution in [0.2, 0.25) is 0 Å². The van der Waals surface area contributed by atoms with E-state index in [0.29, 0.717) is 0 Å². The van der Waals surface area contributed by atoms with Crippen LogP contribution >= 0.6 is 31.9 Å². The van der Waals surface area contributed by atoms with Crippen LogP contribution in [0.25, 0.3) is 60.5 Å². The highest BCUT2D eigenvalue weighted by atomic mass is 79.9. The number of hydrogen-bond acceptors (Lipinski definition) is 2. The minimum atomic E-state index is 1.04. The maximum Gasteiger partial charge on any atom is 0.0562 e. The molecule has 0 aliphatic carbocycles. The maximum absolute atomic E-state index is 3.70. The van der Waals surface area contributed by atoms with Crippen molar-refractivity contribution in [3.63, 3.8) is 0 Å². The molecule has 0 aliphatic rings. The minimum absolute atomic E-state index is 1.04. The van der Waals surface area contributed by atoms with Gasteiger partial charge in [-0.2, -0.15) is 0 Å². The lowest BCUT2D eigenvalue weighted by molar-refractivity contribution is 0.922. The highest BCUT2D eigenvalue weighted by Gasteiger charge is 2.22. The third-order valence-electron chi connectivity index (χ3n) is 13.3. The van der Waals surface area contributed by atoms with Gasteiger partial charge in [0.15, 0.2) is 0 Å². The number of aromatic nitrogens is 1. The molecule has 0 radical (unpaired) electrons. The summed E-state index contributed by atoms with van der Waals surface area (Å²) in [6.45, 7) is 4.46. The average molecular weight is 1020 g/mol. The summed E-state index contributed by atoms with van der Waals surface area (Å²) < 4.78 is 4.53. The molecule has 10 aromatic carbocycles. The molecule has 0 atom stereocenters. The average Bonchev–Trinajstić information content (AvgIpc) is 3.73. The van der Waals surface area contributed by atoms with Gasteiger partial charge in [0.2, 0.25) is 0 Å². The van der Waals surface area contributed by atoms with E-state index in [0.717, 1.165) is 85.5 Å². The molecule has 11 aromatic rings. The molecule has 0 aliphatic heterocycles. The first-order valence-electron chi connectivity index (χ1n) is 24.0. The fraction of sp³-hybridized carbons (Fsp3) is 0.0938. The summed E-state index contributed by atoms with van der Waals surface area (Å²) in [5, 5.41) is 4.80. The lowest BCUT2D eigenvalue weighted by atomic mass is 10.00. The smallest absolute Gasteiger partial charge is 0.0562 e. The Morgan fingerprint density at radius 1 is 0.362 bits per heavy atom. The van der Waals surface area contributed by atoms with Crippen LogP contribution in [-0.2, 0) is 12.8 Å². The summed E-state index contributed by atoms with van der Waals surface area (Å²) >= 11 is 7.40. The SMILES string of the molecule is CCCc1ccc(-c2ccc(N(c3ccc(Br)cc3)c3ccc4c5c6cccc(N(c7ccc(Br)cc7)c7ccc(-c8ccc(CCC)cc8)cc7)c6ccc5n(-c5ccccc5)c4c3)cc2)cc1. The van der Waals surface area contributed by atoms with E-state index in [9.17, 15) is 0 Å². The van der Waals surface area contributed by atoms with Gasteiger partial charge in [-0.25, -0.2) is 0 Å². The number of benzene rings is 10. The molecular formula is C64H51Br2N3. The van der Waals surface area contributed by atoms with Crippen molar-refractivity contribution < 1.29 is 0 Å². The third-order valence-corrected chi connectivity index (χ3v) is 14.4. The van der Waals surface area contributed by atoms with E-state index in [1.54, 1.807) is 0 Å². The Bertz CT molecular complexity index is 3540. The van der Waals surface area contributed by atoms with Gasteiger partial charge < -0.3 is 14.4 Å². The van der Waals surface area contributed by atoms with E-state index >= 15 is 0 Å². The molecular weight excluding hydrogens is 971 g/mol. The van der Waals surface area contributed by atoms with Crippen LogP contribution in [0.3, 0.4) is 0 Å². The van der Waals surface area contributed by atoms with Crippen molar-refractivity contribution in [2.45, 2.75) is 39.5 Å². The Labute approximate surface area is 422 Å². The number of fused-ring (bicyclic) bond motifs is 5. The molecule has 0 bridgehead atoms. The Balaban J connectivity index is 1.06. The molecule has 0 spiro atoms.